The molecule has 2 aliphatic rings. The highest BCUT2D eigenvalue weighted by Crippen LogP contribution is 2.43. The third-order valence-electron chi connectivity index (χ3n) is 8.08. The number of benzene rings is 1. The Balaban J connectivity index is 1.25. The Bertz CT molecular complexity index is 594. The van der Waals surface area contributed by atoms with Crippen molar-refractivity contribution >= 4 is 0 Å². The van der Waals surface area contributed by atoms with Gasteiger partial charge in [-0.2, -0.15) is 5.26 Å². The van der Waals surface area contributed by atoms with Crippen LogP contribution in [0.3, 0.4) is 0 Å². The van der Waals surface area contributed by atoms with Crippen LogP contribution in [0.1, 0.15) is 114 Å². The maximum Gasteiger partial charge on any atom is 0.0991 e. The second-order valence-corrected chi connectivity index (χ2v) is 10.1. The zero-order valence-corrected chi connectivity index (χ0v) is 18.9. The fraction of sp³-hybridized carbons (Fsp3) is 0.750. The molecule has 0 amide bonds. The summed E-state index contributed by atoms with van der Waals surface area (Å²) in [6.07, 6.45) is 23.2. The van der Waals surface area contributed by atoms with Crippen LogP contribution in [-0.2, 0) is 6.42 Å². The van der Waals surface area contributed by atoms with Crippen molar-refractivity contribution < 1.29 is 0 Å². The lowest BCUT2D eigenvalue weighted by atomic mass is 9.68. The monoisotopic (exact) mass is 393 g/mol. The number of aryl methyl sites for hydroxylation is 1. The quantitative estimate of drug-likeness (QED) is 0.366. The van der Waals surface area contributed by atoms with E-state index in [-0.39, 0.29) is 0 Å². The summed E-state index contributed by atoms with van der Waals surface area (Å²) in [6.45, 7) is 2.32. The second kappa shape index (κ2) is 12.4. The second-order valence-electron chi connectivity index (χ2n) is 10.1. The number of rotatable bonds is 10. The van der Waals surface area contributed by atoms with Gasteiger partial charge >= 0.3 is 0 Å². The smallest absolute Gasteiger partial charge is 0.0991 e. The molecule has 2 aliphatic carbocycles. The van der Waals surface area contributed by atoms with Crippen LogP contribution in [0.25, 0.3) is 0 Å². The highest BCUT2D eigenvalue weighted by atomic mass is 14.4. The van der Waals surface area contributed by atoms with E-state index < -0.39 is 0 Å². The number of unbranched alkanes of at least 4 members (excludes halogenated alkanes) is 3. The number of hydrogen-bond donors (Lipinski definition) is 0. The van der Waals surface area contributed by atoms with Crippen LogP contribution in [-0.4, -0.2) is 0 Å². The van der Waals surface area contributed by atoms with Crippen molar-refractivity contribution in [2.24, 2.45) is 23.7 Å². The van der Waals surface area contributed by atoms with Crippen LogP contribution < -0.4 is 0 Å². The van der Waals surface area contributed by atoms with Gasteiger partial charge < -0.3 is 0 Å². The van der Waals surface area contributed by atoms with Crippen molar-refractivity contribution in [2.75, 3.05) is 0 Å². The summed E-state index contributed by atoms with van der Waals surface area (Å²) in [4.78, 5) is 0. The molecule has 0 aromatic heterocycles. The SMILES string of the molecule is CCCCCC1CCC(C2CCC(CCCCc3ccc(C#N)cc3)CC2)CC1. The minimum atomic E-state index is 0.774. The molecular weight excluding hydrogens is 350 g/mol. The van der Waals surface area contributed by atoms with Gasteiger partial charge in [-0.3, -0.25) is 0 Å². The first kappa shape index (κ1) is 22.4. The molecule has 3 rings (SSSR count). The molecule has 1 aromatic carbocycles. The van der Waals surface area contributed by atoms with Gasteiger partial charge in [0.15, 0.2) is 0 Å². The average molecular weight is 394 g/mol. The Hall–Kier alpha value is -1.29. The summed E-state index contributed by atoms with van der Waals surface area (Å²) >= 11 is 0. The van der Waals surface area contributed by atoms with Gasteiger partial charge in [-0.05, 0) is 79.9 Å². The Morgan fingerprint density at radius 1 is 0.724 bits per heavy atom. The molecule has 1 heteroatoms. The van der Waals surface area contributed by atoms with Crippen molar-refractivity contribution in [1.29, 1.82) is 5.26 Å². The molecule has 160 valence electrons. The van der Waals surface area contributed by atoms with Gasteiger partial charge in [0.2, 0.25) is 0 Å². The lowest BCUT2D eigenvalue weighted by molar-refractivity contribution is 0.139. The first-order chi connectivity index (χ1) is 14.3. The van der Waals surface area contributed by atoms with E-state index >= 15 is 0 Å². The predicted octanol–water partition coefficient (Wildman–Crippen LogP) is 8.46. The van der Waals surface area contributed by atoms with E-state index in [1.54, 1.807) is 0 Å². The zero-order valence-electron chi connectivity index (χ0n) is 18.9. The highest BCUT2D eigenvalue weighted by molar-refractivity contribution is 5.31. The Labute approximate surface area is 180 Å². The first-order valence-electron chi connectivity index (χ1n) is 12.8. The van der Waals surface area contributed by atoms with E-state index in [0.717, 1.165) is 29.2 Å². The lowest BCUT2D eigenvalue weighted by Crippen LogP contribution is -2.25. The Morgan fingerprint density at radius 3 is 1.72 bits per heavy atom. The van der Waals surface area contributed by atoms with Crippen molar-refractivity contribution in [2.45, 2.75) is 110 Å². The van der Waals surface area contributed by atoms with Crippen LogP contribution >= 0.6 is 0 Å². The molecule has 0 unspecified atom stereocenters. The van der Waals surface area contributed by atoms with E-state index in [1.807, 2.05) is 12.1 Å². The lowest BCUT2D eigenvalue weighted by Gasteiger charge is -2.38. The van der Waals surface area contributed by atoms with E-state index in [1.165, 1.54) is 108 Å². The van der Waals surface area contributed by atoms with Gasteiger partial charge in [0, 0.05) is 0 Å². The average Bonchev–Trinajstić information content (AvgIpc) is 2.78. The maximum absolute atomic E-state index is 8.89. The molecule has 0 radical (unpaired) electrons. The fourth-order valence-electron chi connectivity index (χ4n) is 6.09. The summed E-state index contributed by atoms with van der Waals surface area (Å²) < 4.78 is 0. The van der Waals surface area contributed by atoms with E-state index in [2.05, 4.69) is 25.1 Å². The molecule has 0 spiro atoms. The Kier molecular flexibility index (Phi) is 9.59. The van der Waals surface area contributed by atoms with Gasteiger partial charge in [-0.25, -0.2) is 0 Å². The van der Waals surface area contributed by atoms with Gasteiger partial charge in [0.25, 0.3) is 0 Å². The first-order valence-corrected chi connectivity index (χ1v) is 12.8. The molecular formula is C28H43N. The van der Waals surface area contributed by atoms with E-state index in [9.17, 15) is 0 Å². The highest BCUT2D eigenvalue weighted by Gasteiger charge is 2.30. The molecule has 0 aliphatic heterocycles. The molecule has 0 bridgehead atoms. The van der Waals surface area contributed by atoms with Gasteiger partial charge in [-0.1, -0.05) is 83.3 Å². The van der Waals surface area contributed by atoms with Crippen LogP contribution in [0.2, 0.25) is 0 Å². The van der Waals surface area contributed by atoms with Crippen LogP contribution in [0.4, 0.5) is 0 Å². The van der Waals surface area contributed by atoms with Crippen molar-refractivity contribution in [3.05, 3.63) is 35.4 Å². The minimum Gasteiger partial charge on any atom is -0.192 e. The Morgan fingerprint density at radius 2 is 1.24 bits per heavy atom. The summed E-state index contributed by atoms with van der Waals surface area (Å²) in [5.74, 6) is 4.18. The molecule has 2 fully saturated rings. The number of nitrogens with zero attached hydrogens (tertiary/aromatic N) is 1. The van der Waals surface area contributed by atoms with Gasteiger partial charge in [0.05, 0.1) is 11.6 Å². The third kappa shape index (κ3) is 7.47. The molecule has 29 heavy (non-hydrogen) atoms. The molecule has 1 aromatic rings. The van der Waals surface area contributed by atoms with E-state index in [0.29, 0.717) is 0 Å². The van der Waals surface area contributed by atoms with Crippen LogP contribution in [0, 0.1) is 35.0 Å². The summed E-state index contributed by atoms with van der Waals surface area (Å²) in [5, 5.41) is 8.89. The standard InChI is InChI=1S/C28H43N/c1-2-3-4-7-24-14-18-27(19-15-24)28-20-16-25(17-21-28)9-6-5-8-23-10-12-26(22-29)13-11-23/h10-13,24-25,27-28H,2-9,14-21H2,1H3. The summed E-state index contributed by atoms with van der Waals surface area (Å²) in [7, 11) is 0. The van der Waals surface area contributed by atoms with Crippen molar-refractivity contribution in [3.8, 4) is 6.07 Å². The molecule has 2 saturated carbocycles. The maximum atomic E-state index is 8.89. The molecule has 1 nitrogen and oxygen atoms in total. The molecule has 0 heterocycles. The van der Waals surface area contributed by atoms with Crippen LogP contribution in [0.5, 0.6) is 0 Å². The van der Waals surface area contributed by atoms with Gasteiger partial charge in [0.1, 0.15) is 0 Å². The minimum absolute atomic E-state index is 0.774. The summed E-state index contributed by atoms with van der Waals surface area (Å²) in [6, 6.07) is 10.4. The van der Waals surface area contributed by atoms with E-state index in [4.69, 9.17) is 5.26 Å². The zero-order chi connectivity index (χ0) is 20.3. The topological polar surface area (TPSA) is 23.8 Å². The fourth-order valence-corrected chi connectivity index (χ4v) is 6.09. The van der Waals surface area contributed by atoms with Crippen molar-refractivity contribution in [3.63, 3.8) is 0 Å². The number of nitriles is 1. The van der Waals surface area contributed by atoms with Gasteiger partial charge in [-0.15, -0.1) is 0 Å². The van der Waals surface area contributed by atoms with Crippen molar-refractivity contribution in [1.82, 2.24) is 0 Å². The normalized spacial score (nSPS) is 27.4. The molecule has 0 saturated heterocycles. The molecule has 0 N–H and O–H groups in total. The number of hydrogen-bond acceptors (Lipinski definition) is 1. The largest absolute Gasteiger partial charge is 0.192 e. The third-order valence-corrected chi connectivity index (χ3v) is 8.08. The summed E-state index contributed by atoms with van der Waals surface area (Å²) in [5.41, 5.74) is 2.16. The molecule has 0 atom stereocenters. The predicted molar refractivity (Wildman–Crippen MR) is 124 cm³/mol. The van der Waals surface area contributed by atoms with Crippen LogP contribution in [0.15, 0.2) is 24.3 Å².